The fourth-order valence-electron chi connectivity index (χ4n) is 3.42. The first-order valence-corrected chi connectivity index (χ1v) is 11.1. The second kappa shape index (κ2) is 6.99. The highest BCUT2D eigenvalue weighted by molar-refractivity contribution is 7.92. The first-order chi connectivity index (χ1) is 13.3. The van der Waals surface area contributed by atoms with E-state index in [2.05, 4.69) is 21.1 Å². The standard InChI is InChI=1S/C19H20N4O3S2/c1-22-12-14(10-17(22)19(20)24)28(25,26)21-15-4-2-3-5-16(15)23-8-6-18-13(11-23)7-9-27-18/h2-5,7,9-10,12,21H,6,8,11H2,1H3,(H2,20,24). The number of aryl methyl sites for hydroxylation is 1. The molecular weight excluding hydrogens is 396 g/mol. The van der Waals surface area contributed by atoms with Gasteiger partial charge in [-0.3, -0.25) is 9.52 Å². The second-order valence-electron chi connectivity index (χ2n) is 6.70. The normalized spacial score (nSPS) is 14.0. The average Bonchev–Trinajstić information content (AvgIpc) is 3.28. The number of hydrogen-bond acceptors (Lipinski definition) is 5. The molecule has 0 spiro atoms. The van der Waals surface area contributed by atoms with Gasteiger partial charge in [-0.05, 0) is 41.6 Å². The van der Waals surface area contributed by atoms with Crippen molar-refractivity contribution in [2.24, 2.45) is 12.8 Å². The highest BCUT2D eigenvalue weighted by Crippen LogP contribution is 2.33. The van der Waals surface area contributed by atoms with Gasteiger partial charge in [0.05, 0.1) is 11.4 Å². The van der Waals surface area contributed by atoms with Crippen LogP contribution < -0.4 is 15.4 Å². The van der Waals surface area contributed by atoms with Crippen molar-refractivity contribution in [3.05, 3.63) is 64.1 Å². The van der Waals surface area contributed by atoms with Gasteiger partial charge in [0.1, 0.15) is 10.6 Å². The Bertz CT molecular complexity index is 1150. The van der Waals surface area contributed by atoms with Crippen LogP contribution in [-0.2, 0) is 30.0 Å². The number of nitrogens with one attached hydrogen (secondary N) is 1. The summed E-state index contributed by atoms with van der Waals surface area (Å²) in [5.74, 6) is -0.677. The van der Waals surface area contributed by atoms with Crippen LogP contribution in [0.15, 0.2) is 52.9 Å². The third kappa shape index (κ3) is 3.38. The molecule has 1 aliphatic heterocycles. The number of primary amides is 1. The third-order valence-corrected chi connectivity index (χ3v) is 7.19. The molecule has 146 valence electrons. The van der Waals surface area contributed by atoms with E-state index in [1.54, 1.807) is 30.5 Å². The summed E-state index contributed by atoms with van der Waals surface area (Å²) in [6.07, 6.45) is 2.32. The Balaban J connectivity index is 1.64. The van der Waals surface area contributed by atoms with Crippen molar-refractivity contribution in [1.82, 2.24) is 4.57 Å². The highest BCUT2D eigenvalue weighted by Gasteiger charge is 2.24. The summed E-state index contributed by atoms with van der Waals surface area (Å²) in [4.78, 5) is 15.0. The molecule has 4 rings (SSSR count). The number of hydrogen-bond donors (Lipinski definition) is 2. The largest absolute Gasteiger partial charge is 0.365 e. The summed E-state index contributed by atoms with van der Waals surface area (Å²) < 4.78 is 29.9. The number of amides is 1. The van der Waals surface area contributed by atoms with E-state index in [1.165, 1.54) is 27.3 Å². The molecule has 28 heavy (non-hydrogen) atoms. The Hall–Kier alpha value is -2.78. The zero-order valence-corrected chi connectivity index (χ0v) is 16.9. The maximum atomic E-state index is 12.9. The maximum absolute atomic E-state index is 12.9. The zero-order chi connectivity index (χ0) is 19.9. The number of anilines is 2. The Morgan fingerprint density at radius 3 is 2.79 bits per heavy atom. The maximum Gasteiger partial charge on any atom is 0.265 e. The number of thiophene rings is 1. The van der Waals surface area contributed by atoms with Crippen molar-refractivity contribution in [2.45, 2.75) is 17.9 Å². The van der Waals surface area contributed by atoms with Gasteiger partial charge in [0.25, 0.3) is 15.9 Å². The SMILES string of the molecule is Cn1cc(S(=O)(=O)Nc2ccccc2N2CCc3sccc3C2)cc1C(N)=O. The van der Waals surface area contributed by atoms with Gasteiger partial charge < -0.3 is 15.2 Å². The lowest BCUT2D eigenvalue weighted by Gasteiger charge is -2.30. The van der Waals surface area contributed by atoms with Crippen LogP contribution in [0.5, 0.6) is 0 Å². The second-order valence-corrected chi connectivity index (χ2v) is 9.38. The van der Waals surface area contributed by atoms with E-state index in [-0.39, 0.29) is 10.6 Å². The lowest BCUT2D eigenvalue weighted by atomic mass is 10.1. The number of para-hydroxylation sites is 2. The molecule has 0 bridgehead atoms. The molecule has 2 aromatic heterocycles. The van der Waals surface area contributed by atoms with Crippen molar-refractivity contribution in [2.75, 3.05) is 16.2 Å². The molecule has 0 radical (unpaired) electrons. The van der Waals surface area contributed by atoms with Crippen molar-refractivity contribution in [3.8, 4) is 0 Å². The molecule has 1 aliphatic rings. The summed E-state index contributed by atoms with van der Waals surface area (Å²) in [5, 5.41) is 2.09. The minimum absolute atomic E-state index is 0.00244. The molecule has 3 aromatic rings. The number of rotatable bonds is 5. The molecule has 0 aliphatic carbocycles. The molecule has 1 aromatic carbocycles. The van der Waals surface area contributed by atoms with Crippen molar-refractivity contribution in [1.29, 1.82) is 0 Å². The molecule has 0 fully saturated rings. The molecule has 3 N–H and O–H groups in total. The van der Waals surface area contributed by atoms with Crippen LogP contribution in [-0.4, -0.2) is 25.4 Å². The van der Waals surface area contributed by atoms with E-state index in [9.17, 15) is 13.2 Å². The molecule has 0 atom stereocenters. The van der Waals surface area contributed by atoms with Gasteiger partial charge in [-0.15, -0.1) is 11.3 Å². The van der Waals surface area contributed by atoms with Crippen LogP contribution in [0.1, 0.15) is 20.9 Å². The lowest BCUT2D eigenvalue weighted by molar-refractivity contribution is 0.0992. The Morgan fingerprint density at radius 1 is 1.25 bits per heavy atom. The minimum atomic E-state index is -3.86. The number of sulfonamides is 1. The van der Waals surface area contributed by atoms with E-state index in [1.807, 2.05) is 12.1 Å². The van der Waals surface area contributed by atoms with Crippen LogP contribution >= 0.6 is 11.3 Å². The van der Waals surface area contributed by atoms with Crippen LogP contribution in [0.25, 0.3) is 0 Å². The fraction of sp³-hybridized carbons (Fsp3) is 0.211. The predicted molar refractivity (Wildman–Crippen MR) is 110 cm³/mol. The Labute approximate surface area is 167 Å². The molecule has 1 amide bonds. The monoisotopic (exact) mass is 416 g/mol. The van der Waals surface area contributed by atoms with Crippen molar-refractivity contribution in [3.63, 3.8) is 0 Å². The van der Waals surface area contributed by atoms with Crippen LogP contribution in [0.3, 0.4) is 0 Å². The summed E-state index contributed by atoms with van der Waals surface area (Å²) in [6, 6.07) is 10.7. The summed E-state index contributed by atoms with van der Waals surface area (Å²) in [5.41, 5.74) is 8.04. The first kappa shape index (κ1) is 18.6. The van der Waals surface area contributed by atoms with Crippen LogP contribution in [0, 0.1) is 0 Å². The lowest BCUT2D eigenvalue weighted by Crippen LogP contribution is -2.30. The molecule has 0 saturated carbocycles. The van der Waals surface area contributed by atoms with E-state index in [4.69, 9.17) is 5.73 Å². The molecule has 3 heterocycles. The topological polar surface area (TPSA) is 97.4 Å². The van der Waals surface area contributed by atoms with Crippen LogP contribution in [0.4, 0.5) is 11.4 Å². The Morgan fingerprint density at radius 2 is 2.04 bits per heavy atom. The number of carbonyl (C=O) groups is 1. The number of benzene rings is 1. The molecule has 7 nitrogen and oxygen atoms in total. The first-order valence-electron chi connectivity index (χ1n) is 8.73. The van der Waals surface area contributed by atoms with Gasteiger partial charge in [0.2, 0.25) is 0 Å². The number of carbonyl (C=O) groups excluding carboxylic acids is 1. The van der Waals surface area contributed by atoms with E-state index in [0.29, 0.717) is 5.69 Å². The smallest absolute Gasteiger partial charge is 0.265 e. The highest BCUT2D eigenvalue weighted by atomic mass is 32.2. The number of aromatic nitrogens is 1. The zero-order valence-electron chi connectivity index (χ0n) is 15.3. The minimum Gasteiger partial charge on any atom is -0.365 e. The van der Waals surface area contributed by atoms with Gasteiger partial charge in [-0.25, -0.2) is 8.42 Å². The molecular formula is C19H20N4O3S2. The molecule has 0 unspecified atom stereocenters. The number of fused-ring (bicyclic) bond motifs is 1. The van der Waals surface area contributed by atoms with Gasteiger partial charge >= 0.3 is 0 Å². The van der Waals surface area contributed by atoms with Crippen molar-refractivity contribution >= 4 is 38.6 Å². The van der Waals surface area contributed by atoms with Gasteiger partial charge in [0, 0.05) is 31.2 Å². The number of nitrogens with two attached hydrogens (primary N) is 1. The summed E-state index contributed by atoms with van der Waals surface area (Å²) in [6.45, 7) is 1.57. The van der Waals surface area contributed by atoms with E-state index in [0.717, 1.165) is 25.2 Å². The quantitative estimate of drug-likeness (QED) is 0.668. The summed E-state index contributed by atoms with van der Waals surface area (Å²) in [7, 11) is -2.28. The third-order valence-electron chi connectivity index (χ3n) is 4.84. The fourth-order valence-corrected chi connectivity index (χ4v) is 5.45. The van der Waals surface area contributed by atoms with E-state index < -0.39 is 15.9 Å². The molecule has 0 saturated heterocycles. The van der Waals surface area contributed by atoms with Gasteiger partial charge in [-0.2, -0.15) is 0 Å². The average molecular weight is 417 g/mol. The Kier molecular flexibility index (Phi) is 4.64. The van der Waals surface area contributed by atoms with E-state index >= 15 is 0 Å². The van der Waals surface area contributed by atoms with Gasteiger partial charge in [0.15, 0.2) is 0 Å². The van der Waals surface area contributed by atoms with Crippen LogP contribution in [0.2, 0.25) is 0 Å². The predicted octanol–water partition coefficient (Wildman–Crippen LogP) is 2.55. The molecule has 9 heteroatoms. The summed E-state index contributed by atoms with van der Waals surface area (Å²) >= 11 is 1.76. The van der Waals surface area contributed by atoms with Gasteiger partial charge in [-0.1, -0.05) is 12.1 Å². The van der Waals surface area contributed by atoms with Crippen molar-refractivity contribution < 1.29 is 13.2 Å². The number of nitrogens with zero attached hydrogens (tertiary/aromatic N) is 2.